The lowest BCUT2D eigenvalue weighted by Crippen LogP contribution is -2.99. The number of anilines is 1. The smallest absolute Gasteiger partial charge is 0.310 e. The summed E-state index contributed by atoms with van der Waals surface area (Å²) in [6.07, 6.45) is 5.68. The van der Waals surface area contributed by atoms with Crippen molar-refractivity contribution in [1.82, 2.24) is 4.90 Å². The van der Waals surface area contributed by atoms with Gasteiger partial charge < -0.3 is 14.8 Å². The second kappa shape index (κ2) is 8.45. The fourth-order valence-electron chi connectivity index (χ4n) is 6.75. The van der Waals surface area contributed by atoms with Crippen LogP contribution in [0.1, 0.15) is 39.0 Å². The Morgan fingerprint density at radius 1 is 1.25 bits per heavy atom. The average molecular weight is 442 g/mol. The average Bonchev–Trinajstić information content (AvgIpc) is 3.06. The summed E-state index contributed by atoms with van der Waals surface area (Å²) in [7, 11) is 0. The number of ether oxygens (including phenoxy) is 1. The van der Waals surface area contributed by atoms with Crippen molar-refractivity contribution in [3.8, 4) is 0 Å². The maximum atomic E-state index is 12.8. The summed E-state index contributed by atoms with van der Waals surface area (Å²) in [6, 6.07) is 7.09. The van der Waals surface area contributed by atoms with Gasteiger partial charge in [0.05, 0.1) is 5.92 Å². The van der Waals surface area contributed by atoms with Crippen LogP contribution in [-0.2, 0) is 9.53 Å². The number of carbonyl (C=O) groups is 1. The molecule has 2 saturated heterocycles. The number of hydrogen-bond donors (Lipinski definition) is 2. The lowest BCUT2D eigenvalue weighted by molar-refractivity contribution is -0.991. The highest BCUT2D eigenvalue weighted by atomic mass is 16.8. The molecule has 2 aliphatic carbocycles. The number of nitrogens with zero attached hydrogens (tertiary/aromatic N) is 2. The first-order valence-corrected chi connectivity index (χ1v) is 12.0. The van der Waals surface area contributed by atoms with Gasteiger partial charge in [-0.25, -0.2) is 5.21 Å². The van der Waals surface area contributed by atoms with Crippen molar-refractivity contribution >= 4 is 17.3 Å². The van der Waals surface area contributed by atoms with Gasteiger partial charge in [0.1, 0.15) is 6.10 Å². The first-order valence-electron chi connectivity index (χ1n) is 12.0. The fourth-order valence-corrected chi connectivity index (χ4v) is 6.75. The van der Waals surface area contributed by atoms with Crippen molar-refractivity contribution in [2.24, 2.45) is 23.2 Å². The van der Waals surface area contributed by atoms with E-state index in [4.69, 9.17) is 9.94 Å². The van der Waals surface area contributed by atoms with E-state index >= 15 is 0 Å². The van der Waals surface area contributed by atoms with Crippen LogP contribution in [0.15, 0.2) is 36.4 Å². The van der Waals surface area contributed by atoms with E-state index in [1.807, 2.05) is 12.1 Å². The van der Waals surface area contributed by atoms with Crippen LogP contribution in [0, 0.1) is 28.4 Å². The highest BCUT2D eigenvalue weighted by Gasteiger charge is 2.55. The van der Waals surface area contributed by atoms with E-state index in [0.717, 1.165) is 57.7 Å². The summed E-state index contributed by atoms with van der Waals surface area (Å²) >= 11 is 0. The van der Waals surface area contributed by atoms with E-state index in [2.05, 4.69) is 23.3 Å². The van der Waals surface area contributed by atoms with Crippen LogP contribution in [0.2, 0.25) is 0 Å². The molecule has 1 aromatic rings. The lowest BCUT2D eigenvalue weighted by Gasteiger charge is -2.50. The van der Waals surface area contributed by atoms with E-state index in [1.54, 1.807) is 12.1 Å². The Morgan fingerprint density at radius 2 is 1.97 bits per heavy atom. The Bertz CT molecular complexity index is 864. The molecule has 4 aliphatic rings. The van der Waals surface area contributed by atoms with Gasteiger partial charge in [-0.05, 0) is 55.6 Å². The van der Waals surface area contributed by atoms with E-state index in [0.29, 0.717) is 17.5 Å². The monoisotopic (exact) mass is 441 g/mol. The Kier molecular flexibility index (Phi) is 5.78. The van der Waals surface area contributed by atoms with Crippen molar-refractivity contribution in [3.63, 3.8) is 0 Å². The van der Waals surface area contributed by atoms with Crippen LogP contribution in [0.25, 0.3) is 0 Å². The molecule has 0 spiro atoms. The van der Waals surface area contributed by atoms with Crippen LogP contribution < -0.4 is 10.1 Å². The third kappa shape index (κ3) is 3.96. The molecule has 0 bridgehead atoms. The number of benzene rings is 1. The normalized spacial score (nSPS) is 36.4. The molecule has 3 unspecified atom stereocenters. The zero-order chi connectivity index (χ0) is 22.5. The molecule has 2 saturated carbocycles. The second-order valence-corrected chi connectivity index (χ2v) is 10.5. The number of allylic oxidation sites excluding steroid dienone is 1. The second-order valence-electron chi connectivity index (χ2n) is 10.5. The van der Waals surface area contributed by atoms with Gasteiger partial charge in [0, 0.05) is 56.5 Å². The number of quaternary nitrogens is 1. The highest BCUT2D eigenvalue weighted by molar-refractivity contribution is 5.75. The van der Waals surface area contributed by atoms with Gasteiger partial charge in [-0.3, -0.25) is 9.69 Å². The van der Waals surface area contributed by atoms with E-state index in [1.165, 1.54) is 18.4 Å². The van der Waals surface area contributed by atoms with Crippen LogP contribution in [0.3, 0.4) is 0 Å². The predicted octanol–water partition coefficient (Wildman–Crippen LogP) is 2.53. The molecule has 7 nitrogen and oxygen atoms in total. The van der Waals surface area contributed by atoms with Crippen LogP contribution >= 0.6 is 0 Å². The molecule has 0 amide bonds. The van der Waals surface area contributed by atoms with Gasteiger partial charge in [-0.2, -0.15) is 5.23 Å². The highest BCUT2D eigenvalue weighted by Crippen LogP contribution is 2.56. The molecule has 6 atom stereocenters. The number of esters is 1. The maximum absolute atomic E-state index is 12.8. The first-order chi connectivity index (χ1) is 15.3. The minimum absolute atomic E-state index is 0.000418. The number of nitrogens with one attached hydrogen (secondary N) is 1. The summed E-state index contributed by atoms with van der Waals surface area (Å²) in [6.45, 7) is 11.1. The zero-order valence-corrected chi connectivity index (χ0v) is 19.0. The Balaban J connectivity index is 1.20. The van der Waals surface area contributed by atoms with Crippen LogP contribution in [0.5, 0.6) is 0 Å². The molecule has 0 radical (unpaired) electrons. The summed E-state index contributed by atoms with van der Waals surface area (Å²) in [5.41, 5.74) is 2.99. The van der Waals surface area contributed by atoms with E-state index in [9.17, 15) is 10.0 Å². The minimum atomic E-state index is -0.900. The molecule has 32 heavy (non-hydrogen) atoms. The molecule has 5 rings (SSSR count). The summed E-state index contributed by atoms with van der Waals surface area (Å²) in [4.78, 5) is 17.5. The Labute approximate surface area is 190 Å². The van der Waals surface area contributed by atoms with Crippen molar-refractivity contribution in [2.45, 2.75) is 45.1 Å². The fraction of sp³-hybridized carbons (Fsp3) is 0.640. The van der Waals surface area contributed by atoms with Gasteiger partial charge in [-0.15, -0.1) is 0 Å². The van der Waals surface area contributed by atoms with Gasteiger partial charge in [0.2, 0.25) is 0 Å². The topological polar surface area (TPSA) is 80.5 Å². The summed E-state index contributed by atoms with van der Waals surface area (Å²) < 4.78 is 5.94. The standard InChI is InChI=1S/C25H35N3O4/c1-17-4-3-9-25(2)15-23-20(14-22(17)25)21(24(29)32-23)16-26-10-12-27(13-11-26)18-5-7-19(8-6-18)28(30)31/h5-8,20-23,28,30H,1,3-4,9-16H2,2H3/t20-,21?,22?,23-,25-/m1/s1. The van der Waals surface area contributed by atoms with Gasteiger partial charge in [0.15, 0.2) is 5.69 Å². The zero-order valence-electron chi connectivity index (χ0n) is 19.0. The first kappa shape index (κ1) is 21.9. The van der Waals surface area contributed by atoms with Crippen molar-refractivity contribution < 1.29 is 20.0 Å². The molecular weight excluding hydrogens is 406 g/mol. The maximum Gasteiger partial charge on any atom is 0.310 e. The van der Waals surface area contributed by atoms with E-state index < -0.39 is 5.23 Å². The number of hydrogen-bond acceptors (Lipinski definition) is 6. The number of carbonyl (C=O) groups excluding carboxylic acids is 1. The third-order valence-electron chi connectivity index (χ3n) is 8.63. The molecule has 4 fully saturated rings. The molecule has 174 valence electrons. The van der Waals surface area contributed by atoms with Gasteiger partial charge in [0.25, 0.3) is 0 Å². The Hall–Kier alpha value is -1.93. The summed E-state index contributed by atoms with van der Waals surface area (Å²) in [5.74, 6) is 0.817. The Morgan fingerprint density at radius 3 is 2.66 bits per heavy atom. The van der Waals surface area contributed by atoms with Crippen molar-refractivity contribution in [1.29, 1.82) is 0 Å². The molecular formula is C25H35N3O4. The lowest BCUT2D eigenvalue weighted by atomic mass is 9.55. The molecule has 2 heterocycles. The molecule has 0 aromatic heterocycles. The minimum Gasteiger partial charge on any atom is -0.595 e. The quantitative estimate of drug-likeness (QED) is 0.425. The number of piperazine rings is 1. The largest absolute Gasteiger partial charge is 0.595 e. The molecule has 2 N–H and O–H groups in total. The van der Waals surface area contributed by atoms with Crippen LogP contribution in [-0.4, -0.2) is 54.9 Å². The molecule has 2 aliphatic heterocycles. The number of fused-ring (bicyclic) bond motifs is 2. The predicted molar refractivity (Wildman–Crippen MR) is 122 cm³/mol. The SMILES string of the molecule is C=C1CCC[C@]2(C)C[C@H]3OC(=O)C(CN4CCN(c5ccc([NH+]([O-])O)cc5)CC4)[C@H]3CC12. The van der Waals surface area contributed by atoms with Crippen LogP contribution in [0.4, 0.5) is 11.4 Å². The molecule has 1 aromatic carbocycles. The van der Waals surface area contributed by atoms with Crippen molar-refractivity contribution in [2.75, 3.05) is 37.6 Å². The van der Waals surface area contributed by atoms with E-state index in [-0.39, 0.29) is 23.4 Å². The number of rotatable bonds is 4. The van der Waals surface area contributed by atoms with Gasteiger partial charge >= 0.3 is 5.97 Å². The van der Waals surface area contributed by atoms with Crippen molar-refractivity contribution in [3.05, 3.63) is 41.6 Å². The third-order valence-corrected chi connectivity index (χ3v) is 8.63. The van der Waals surface area contributed by atoms with Gasteiger partial charge in [-0.1, -0.05) is 19.1 Å². The summed E-state index contributed by atoms with van der Waals surface area (Å²) in [5, 5.41) is 19.3. The molecule has 7 heteroatoms.